The van der Waals surface area contributed by atoms with Gasteiger partial charge in [-0.25, -0.2) is 23.4 Å². The molecule has 158 valence electrons. The van der Waals surface area contributed by atoms with E-state index >= 15 is 0 Å². The minimum atomic E-state index is -3.68. The van der Waals surface area contributed by atoms with Crippen LogP contribution in [0.4, 0.5) is 28.8 Å². The van der Waals surface area contributed by atoms with E-state index in [4.69, 9.17) is 11.6 Å². The SMILES string of the molecule is Cc1nc(Nc2ccc(NS(=O)(=O)c3ccc(Cl)s3)cc2)cc(Nc2ccccn2)n1. The lowest BCUT2D eigenvalue weighted by atomic mass is 10.3. The summed E-state index contributed by atoms with van der Waals surface area (Å²) in [4.78, 5) is 13.0. The van der Waals surface area contributed by atoms with Crippen molar-refractivity contribution in [3.05, 3.63) is 77.0 Å². The van der Waals surface area contributed by atoms with Crippen LogP contribution in [0.2, 0.25) is 4.34 Å². The maximum absolute atomic E-state index is 12.4. The van der Waals surface area contributed by atoms with E-state index in [2.05, 4.69) is 30.3 Å². The minimum absolute atomic E-state index is 0.157. The Kier molecular flexibility index (Phi) is 6.03. The molecule has 0 unspecified atom stereocenters. The first kappa shape index (κ1) is 21.0. The standard InChI is InChI=1S/C20H17ClN6O2S2/c1-13-23-18(12-19(24-13)26-17-4-2-3-11-22-17)25-14-5-7-15(8-6-14)27-31(28,29)20-10-9-16(21)30-20/h2-12,27H,1H3,(H2,22,23,24,25,26). The molecule has 0 bridgehead atoms. The van der Waals surface area contributed by atoms with Crippen molar-refractivity contribution in [1.82, 2.24) is 15.0 Å². The number of halogens is 1. The molecule has 3 N–H and O–H groups in total. The summed E-state index contributed by atoms with van der Waals surface area (Å²) in [7, 11) is -3.68. The normalized spacial score (nSPS) is 11.2. The van der Waals surface area contributed by atoms with Gasteiger partial charge in [-0.2, -0.15) is 0 Å². The fourth-order valence-electron chi connectivity index (χ4n) is 2.68. The summed E-state index contributed by atoms with van der Waals surface area (Å²) in [6.07, 6.45) is 1.69. The molecule has 0 aliphatic carbocycles. The summed E-state index contributed by atoms with van der Waals surface area (Å²) >= 11 is 6.83. The molecule has 0 saturated heterocycles. The Bertz CT molecular complexity index is 1300. The Morgan fingerprint density at radius 3 is 2.23 bits per heavy atom. The number of benzene rings is 1. The lowest BCUT2D eigenvalue weighted by Crippen LogP contribution is -2.11. The van der Waals surface area contributed by atoms with Gasteiger partial charge < -0.3 is 10.6 Å². The lowest BCUT2D eigenvalue weighted by molar-refractivity contribution is 0.603. The molecule has 0 saturated carbocycles. The van der Waals surface area contributed by atoms with Gasteiger partial charge >= 0.3 is 0 Å². The predicted octanol–water partition coefficient (Wildman–Crippen LogP) is 5.18. The zero-order valence-corrected chi connectivity index (χ0v) is 18.6. The third-order valence-electron chi connectivity index (χ3n) is 3.98. The second kappa shape index (κ2) is 8.88. The second-order valence-corrected chi connectivity index (χ2v) is 10.0. The van der Waals surface area contributed by atoms with E-state index in [0.29, 0.717) is 33.3 Å². The molecule has 4 aromatic rings. The zero-order chi connectivity index (χ0) is 21.8. The van der Waals surface area contributed by atoms with Gasteiger partial charge in [-0.3, -0.25) is 4.72 Å². The maximum atomic E-state index is 12.4. The first-order valence-corrected chi connectivity index (χ1v) is 11.7. The van der Waals surface area contributed by atoms with Crippen LogP contribution >= 0.6 is 22.9 Å². The van der Waals surface area contributed by atoms with Crippen molar-refractivity contribution < 1.29 is 8.42 Å². The Balaban J connectivity index is 1.46. The monoisotopic (exact) mass is 472 g/mol. The quantitative estimate of drug-likeness (QED) is 0.340. The Morgan fingerprint density at radius 1 is 0.871 bits per heavy atom. The van der Waals surface area contributed by atoms with Gasteiger partial charge in [0.1, 0.15) is 27.5 Å². The summed E-state index contributed by atoms with van der Waals surface area (Å²) in [5.41, 5.74) is 1.18. The van der Waals surface area contributed by atoms with Gasteiger partial charge in [0.25, 0.3) is 10.0 Å². The van der Waals surface area contributed by atoms with Crippen molar-refractivity contribution in [2.45, 2.75) is 11.1 Å². The third kappa shape index (κ3) is 5.48. The lowest BCUT2D eigenvalue weighted by Gasteiger charge is -2.11. The number of anilines is 5. The van der Waals surface area contributed by atoms with Gasteiger partial charge in [-0.15, -0.1) is 11.3 Å². The molecular weight excluding hydrogens is 456 g/mol. The number of aryl methyl sites for hydroxylation is 1. The molecule has 0 spiro atoms. The van der Waals surface area contributed by atoms with E-state index in [9.17, 15) is 8.42 Å². The molecule has 4 rings (SSSR count). The molecular formula is C20H17ClN6O2S2. The number of aromatic nitrogens is 3. The van der Waals surface area contributed by atoms with E-state index in [1.54, 1.807) is 49.5 Å². The van der Waals surface area contributed by atoms with E-state index in [1.807, 2.05) is 18.2 Å². The predicted molar refractivity (Wildman–Crippen MR) is 124 cm³/mol. The van der Waals surface area contributed by atoms with Crippen LogP contribution in [0.15, 0.2) is 71.1 Å². The number of rotatable bonds is 7. The summed E-state index contributed by atoms with van der Waals surface area (Å²) in [5.74, 6) is 2.46. The fraction of sp³-hybridized carbons (Fsp3) is 0.0500. The van der Waals surface area contributed by atoms with Crippen molar-refractivity contribution in [2.24, 2.45) is 0 Å². The van der Waals surface area contributed by atoms with Crippen LogP contribution in [-0.4, -0.2) is 23.4 Å². The molecule has 0 aliphatic rings. The maximum Gasteiger partial charge on any atom is 0.271 e. The summed E-state index contributed by atoms with van der Waals surface area (Å²) in [6.45, 7) is 1.80. The highest BCUT2D eigenvalue weighted by molar-refractivity contribution is 7.94. The largest absolute Gasteiger partial charge is 0.340 e. The van der Waals surface area contributed by atoms with E-state index in [0.717, 1.165) is 17.0 Å². The zero-order valence-electron chi connectivity index (χ0n) is 16.2. The molecule has 0 aliphatic heterocycles. The van der Waals surface area contributed by atoms with Gasteiger partial charge in [-0.05, 0) is 55.5 Å². The molecule has 8 nitrogen and oxygen atoms in total. The number of nitrogens with zero attached hydrogens (tertiary/aromatic N) is 3. The molecule has 3 aromatic heterocycles. The number of nitrogens with one attached hydrogen (secondary N) is 3. The van der Waals surface area contributed by atoms with Crippen LogP contribution in [0.5, 0.6) is 0 Å². The van der Waals surface area contributed by atoms with Crippen LogP contribution in [0.1, 0.15) is 5.82 Å². The third-order valence-corrected chi connectivity index (χ3v) is 7.09. The van der Waals surface area contributed by atoms with Crippen molar-refractivity contribution in [3.8, 4) is 0 Å². The number of pyridine rings is 1. The summed E-state index contributed by atoms with van der Waals surface area (Å²) in [5, 5.41) is 6.33. The second-order valence-electron chi connectivity index (χ2n) is 6.39. The molecule has 0 fully saturated rings. The number of sulfonamides is 1. The van der Waals surface area contributed by atoms with Gasteiger partial charge in [0, 0.05) is 23.6 Å². The molecule has 0 amide bonds. The van der Waals surface area contributed by atoms with Crippen molar-refractivity contribution >= 4 is 61.8 Å². The van der Waals surface area contributed by atoms with Gasteiger partial charge in [0.05, 0.1) is 4.34 Å². The van der Waals surface area contributed by atoms with E-state index < -0.39 is 10.0 Å². The van der Waals surface area contributed by atoms with E-state index in [1.165, 1.54) is 6.07 Å². The molecule has 1 aromatic carbocycles. The number of hydrogen-bond acceptors (Lipinski definition) is 8. The van der Waals surface area contributed by atoms with Crippen LogP contribution in [0.3, 0.4) is 0 Å². The average Bonchev–Trinajstić information content (AvgIpc) is 3.17. The van der Waals surface area contributed by atoms with Crippen molar-refractivity contribution in [2.75, 3.05) is 15.4 Å². The topological polar surface area (TPSA) is 109 Å². The van der Waals surface area contributed by atoms with Crippen molar-refractivity contribution in [1.29, 1.82) is 0 Å². The molecule has 11 heteroatoms. The van der Waals surface area contributed by atoms with Crippen LogP contribution in [-0.2, 0) is 10.0 Å². The highest BCUT2D eigenvalue weighted by Crippen LogP contribution is 2.28. The number of thiophene rings is 1. The first-order chi connectivity index (χ1) is 14.9. The highest BCUT2D eigenvalue weighted by Gasteiger charge is 2.16. The van der Waals surface area contributed by atoms with Crippen LogP contribution in [0.25, 0.3) is 0 Å². The fourth-order valence-corrected chi connectivity index (χ4v) is 5.22. The summed E-state index contributed by atoms with van der Waals surface area (Å²) in [6, 6.07) is 17.2. The first-order valence-electron chi connectivity index (χ1n) is 9.06. The Labute approximate surface area is 188 Å². The summed E-state index contributed by atoms with van der Waals surface area (Å²) < 4.78 is 27.9. The van der Waals surface area contributed by atoms with Gasteiger partial charge in [-0.1, -0.05) is 17.7 Å². The van der Waals surface area contributed by atoms with Crippen LogP contribution < -0.4 is 15.4 Å². The molecule has 3 heterocycles. The van der Waals surface area contributed by atoms with Gasteiger partial charge in [0.2, 0.25) is 0 Å². The highest BCUT2D eigenvalue weighted by atomic mass is 35.5. The molecule has 0 radical (unpaired) electrons. The van der Waals surface area contributed by atoms with Crippen LogP contribution in [0, 0.1) is 6.92 Å². The Hall–Kier alpha value is -3.21. The Morgan fingerprint density at radius 2 is 1.58 bits per heavy atom. The van der Waals surface area contributed by atoms with E-state index in [-0.39, 0.29) is 4.21 Å². The average molecular weight is 473 g/mol. The minimum Gasteiger partial charge on any atom is -0.340 e. The number of hydrogen-bond donors (Lipinski definition) is 3. The molecule has 0 atom stereocenters. The van der Waals surface area contributed by atoms with Gasteiger partial charge in [0.15, 0.2) is 0 Å². The smallest absolute Gasteiger partial charge is 0.271 e. The van der Waals surface area contributed by atoms with Crippen molar-refractivity contribution in [3.63, 3.8) is 0 Å². The molecule has 31 heavy (non-hydrogen) atoms.